The number of aliphatic carboxylic acids is 1. The molecule has 1 aliphatic carbocycles. The normalized spacial score (nSPS) is 15.4. The van der Waals surface area contributed by atoms with Gasteiger partial charge in [0, 0.05) is 26.1 Å². The summed E-state index contributed by atoms with van der Waals surface area (Å²) in [6, 6.07) is 0. The summed E-state index contributed by atoms with van der Waals surface area (Å²) in [6.07, 6.45) is 2.88. The summed E-state index contributed by atoms with van der Waals surface area (Å²) in [5.74, 6) is 1.30. The molecule has 1 saturated carbocycles. The maximum Gasteiger partial charge on any atom is 0.300 e. The average Bonchev–Trinajstić information content (AvgIpc) is 3.15. The van der Waals surface area contributed by atoms with Gasteiger partial charge in [0.05, 0.1) is 6.10 Å². The minimum atomic E-state index is -0.833. The molecule has 1 unspecified atom stereocenters. The van der Waals surface area contributed by atoms with Gasteiger partial charge in [0.25, 0.3) is 5.97 Å². The number of thioether (sulfide) groups is 1. The number of carbonyl (C=O) groups is 1. The number of aromatic nitrogens is 3. The van der Waals surface area contributed by atoms with Gasteiger partial charge in [-0.1, -0.05) is 11.8 Å². The van der Waals surface area contributed by atoms with Crippen LogP contribution in [-0.4, -0.2) is 49.3 Å². The van der Waals surface area contributed by atoms with Gasteiger partial charge >= 0.3 is 0 Å². The number of aliphatic hydroxyl groups excluding tert-OH is 1. The van der Waals surface area contributed by atoms with Gasteiger partial charge in [0.2, 0.25) is 0 Å². The van der Waals surface area contributed by atoms with E-state index >= 15 is 0 Å². The summed E-state index contributed by atoms with van der Waals surface area (Å²) in [6.45, 7) is 1.67. The Morgan fingerprint density at radius 1 is 1.55 bits per heavy atom. The van der Waals surface area contributed by atoms with E-state index in [1.807, 2.05) is 11.6 Å². The quantitative estimate of drug-likeness (QED) is 0.646. The van der Waals surface area contributed by atoms with Crippen molar-refractivity contribution in [2.75, 3.05) is 12.3 Å². The van der Waals surface area contributed by atoms with Crippen LogP contribution in [0.4, 0.5) is 0 Å². The third-order valence-electron chi connectivity index (χ3n) is 2.84. The molecule has 1 aromatic heterocycles. The van der Waals surface area contributed by atoms with Gasteiger partial charge < -0.3 is 20.5 Å². The predicted molar refractivity (Wildman–Crippen MR) is 76.5 cm³/mol. The fourth-order valence-electron chi connectivity index (χ4n) is 1.59. The number of nitrogens with two attached hydrogens (primary N) is 1. The molecule has 1 heterocycles. The molecule has 7 nitrogen and oxygen atoms in total. The largest absolute Gasteiger partial charge is 0.481 e. The van der Waals surface area contributed by atoms with Crippen molar-refractivity contribution in [3.05, 3.63) is 5.82 Å². The van der Waals surface area contributed by atoms with Crippen LogP contribution < -0.4 is 5.73 Å². The minimum absolute atomic E-state index is 0.195. The smallest absolute Gasteiger partial charge is 0.300 e. The minimum Gasteiger partial charge on any atom is -0.481 e. The van der Waals surface area contributed by atoms with Crippen LogP contribution >= 0.6 is 11.8 Å². The molecule has 1 aromatic rings. The van der Waals surface area contributed by atoms with Crippen LogP contribution in [0.3, 0.4) is 0 Å². The van der Waals surface area contributed by atoms with Crippen LogP contribution in [0.5, 0.6) is 0 Å². The predicted octanol–water partition coefficient (Wildman–Crippen LogP) is 0.270. The standard InChI is InChI=1S/C10H18N4OS.C2H4O2/c1-14-9(4-5-11)12-13-10(14)16-6-8(15)7-2-3-7;1-2(3)4/h7-8,15H,2-6,11H2,1H3;1H3,(H,3,4). The van der Waals surface area contributed by atoms with Crippen molar-refractivity contribution in [2.24, 2.45) is 18.7 Å². The molecule has 0 aliphatic heterocycles. The third kappa shape index (κ3) is 5.89. The van der Waals surface area contributed by atoms with Crippen LogP contribution in [0.2, 0.25) is 0 Å². The van der Waals surface area contributed by atoms with E-state index in [0.29, 0.717) is 18.2 Å². The number of hydrogen-bond donors (Lipinski definition) is 3. The van der Waals surface area contributed by atoms with E-state index in [1.54, 1.807) is 11.8 Å². The van der Waals surface area contributed by atoms with Crippen molar-refractivity contribution < 1.29 is 15.0 Å². The van der Waals surface area contributed by atoms with Crippen LogP contribution in [0.25, 0.3) is 0 Å². The molecular weight excluding hydrogens is 280 g/mol. The first-order valence-corrected chi connectivity index (χ1v) is 7.53. The molecule has 0 bridgehead atoms. The Bertz CT molecular complexity index is 430. The van der Waals surface area contributed by atoms with E-state index in [9.17, 15) is 5.11 Å². The molecule has 0 amide bonds. The van der Waals surface area contributed by atoms with Crippen molar-refractivity contribution in [2.45, 2.75) is 37.4 Å². The molecule has 114 valence electrons. The van der Waals surface area contributed by atoms with Crippen LogP contribution in [0, 0.1) is 5.92 Å². The van der Waals surface area contributed by atoms with Crippen molar-refractivity contribution in [1.82, 2.24) is 14.8 Å². The van der Waals surface area contributed by atoms with Crippen molar-refractivity contribution in [3.8, 4) is 0 Å². The summed E-state index contributed by atoms with van der Waals surface area (Å²) in [5, 5.41) is 26.2. The van der Waals surface area contributed by atoms with Crippen molar-refractivity contribution in [3.63, 3.8) is 0 Å². The average molecular weight is 302 g/mol. The first kappa shape index (κ1) is 16.9. The van der Waals surface area contributed by atoms with Crippen LogP contribution in [0.1, 0.15) is 25.6 Å². The molecule has 20 heavy (non-hydrogen) atoms. The first-order valence-electron chi connectivity index (χ1n) is 6.54. The van der Waals surface area contributed by atoms with Crippen molar-refractivity contribution in [1.29, 1.82) is 0 Å². The topological polar surface area (TPSA) is 114 Å². The number of hydrogen-bond acceptors (Lipinski definition) is 6. The Hall–Kier alpha value is -1.12. The van der Waals surface area contributed by atoms with Gasteiger partial charge in [-0.3, -0.25) is 4.79 Å². The van der Waals surface area contributed by atoms with Gasteiger partial charge in [0.1, 0.15) is 5.82 Å². The van der Waals surface area contributed by atoms with Gasteiger partial charge in [0.15, 0.2) is 5.16 Å². The van der Waals surface area contributed by atoms with Crippen LogP contribution in [-0.2, 0) is 18.3 Å². The van der Waals surface area contributed by atoms with E-state index in [2.05, 4.69) is 10.2 Å². The Morgan fingerprint density at radius 3 is 2.65 bits per heavy atom. The second-order valence-corrected chi connectivity index (χ2v) is 5.72. The number of carboxylic acid groups (broad SMARTS) is 1. The lowest BCUT2D eigenvalue weighted by Crippen LogP contribution is -2.13. The van der Waals surface area contributed by atoms with Gasteiger partial charge in [-0.15, -0.1) is 10.2 Å². The summed E-state index contributed by atoms with van der Waals surface area (Å²) < 4.78 is 1.96. The Morgan fingerprint density at radius 2 is 2.15 bits per heavy atom. The van der Waals surface area contributed by atoms with E-state index in [-0.39, 0.29) is 6.10 Å². The highest BCUT2D eigenvalue weighted by molar-refractivity contribution is 7.99. The Kier molecular flexibility index (Phi) is 6.97. The highest BCUT2D eigenvalue weighted by Crippen LogP contribution is 2.34. The summed E-state index contributed by atoms with van der Waals surface area (Å²) in [7, 11) is 1.94. The number of rotatable bonds is 6. The highest BCUT2D eigenvalue weighted by Gasteiger charge is 2.29. The number of carboxylic acids is 1. The molecule has 8 heteroatoms. The third-order valence-corrected chi connectivity index (χ3v) is 3.96. The lowest BCUT2D eigenvalue weighted by molar-refractivity contribution is -0.134. The molecule has 0 radical (unpaired) electrons. The maximum atomic E-state index is 9.75. The van der Waals surface area contributed by atoms with Crippen molar-refractivity contribution >= 4 is 17.7 Å². The van der Waals surface area contributed by atoms with Gasteiger partial charge in [-0.2, -0.15) is 0 Å². The van der Waals surface area contributed by atoms with E-state index in [0.717, 1.165) is 24.3 Å². The second kappa shape index (κ2) is 8.23. The molecule has 0 spiro atoms. The zero-order valence-corrected chi connectivity index (χ0v) is 12.6. The summed E-state index contributed by atoms with van der Waals surface area (Å²) in [5.41, 5.74) is 5.48. The molecule has 1 atom stereocenters. The SMILES string of the molecule is CC(=O)O.Cn1c(CCN)nnc1SCC(O)C1CC1. The lowest BCUT2D eigenvalue weighted by Gasteiger charge is -2.07. The molecule has 0 saturated heterocycles. The lowest BCUT2D eigenvalue weighted by atomic mass is 10.3. The zero-order valence-electron chi connectivity index (χ0n) is 11.8. The fraction of sp³-hybridized carbons (Fsp3) is 0.750. The van der Waals surface area contributed by atoms with Crippen LogP contribution in [0.15, 0.2) is 5.16 Å². The molecule has 1 fully saturated rings. The van der Waals surface area contributed by atoms with Gasteiger partial charge in [-0.05, 0) is 25.3 Å². The van der Waals surface area contributed by atoms with Gasteiger partial charge in [-0.25, -0.2) is 0 Å². The number of nitrogens with zero attached hydrogens (tertiary/aromatic N) is 3. The highest BCUT2D eigenvalue weighted by atomic mass is 32.2. The zero-order chi connectivity index (χ0) is 15.1. The maximum absolute atomic E-state index is 9.75. The Labute approximate surface area is 122 Å². The molecular formula is C12H22N4O3S. The molecule has 0 aromatic carbocycles. The molecule has 4 N–H and O–H groups in total. The molecule has 2 rings (SSSR count). The van der Waals surface area contributed by atoms with E-state index < -0.39 is 5.97 Å². The second-order valence-electron chi connectivity index (χ2n) is 4.73. The summed E-state index contributed by atoms with van der Waals surface area (Å²) >= 11 is 1.57. The first-order chi connectivity index (χ1) is 9.45. The van der Waals surface area contributed by atoms with E-state index in [4.69, 9.17) is 15.6 Å². The molecule has 1 aliphatic rings. The number of aliphatic hydroxyl groups is 1. The van der Waals surface area contributed by atoms with E-state index in [1.165, 1.54) is 12.8 Å². The summed E-state index contributed by atoms with van der Waals surface area (Å²) in [4.78, 5) is 9.00. The monoisotopic (exact) mass is 302 g/mol. The Balaban J connectivity index is 0.000000444. The fourth-order valence-corrected chi connectivity index (χ4v) is 2.58.